The second-order valence-electron chi connectivity index (χ2n) is 23.0. The van der Waals surface area contributed by atoms with E-state index in [4.69, 9.17) is 22.9 Å². The number of nitrogens with two attached hydrogens (primary N) is 4. The van der Waals surface area contributed by atoms with Crippen molar-refractivity contribution in [2.24, 2.45) is 51.6 Å². The minimum Gasteiger partial charge on any atom is -0.370 e. The molecule has 25 nitrogen and oxygen atoms in total. The van der Waals surface area contributed by atoms with Crippen LogP contribution < -0.4 is 70.8 Å². The van der Waals surface area contributed by atoms with E-state index < -0.39 is 95.6 Å². The maximum atomic E-state index is 14.4. The lowest BCUT2D eigenvalue weighted by molar-refractivity contribution is -0.143. The highest BCUT2D eigenvalue weighted by Crippen LogP contribution is 2.33. The maximum Gasteiger partial charge on any atom is 0.315 e. The number of aliphatic imine (C=N–C) groups is 1. The van der Waals surface area contributed by atoms with Crippen molar-refractivity contribution < 1.29 is 47.9 Å². The lowest BCUT2D eigenvalue weighted by Crippen LogP contribution is -2.60. The zero-order chi connectivity index (χ0) is 59.1. The fourth-order valence-electron chi connectivity index (χ4n) is 9.91. The summed E-state index contributed by atoms with van der Waals surface area (Å²) in [4.78, 5) is 139. The zero-order valence-corrected chi connectivity index (χ0v) is 48.9. The molecule has 17 N–H and O–H groups in total. The number of urea groups is 1. The van der Waals surface area contributed by atoms with Crippen molar-refractivity contribution in [1.29, 1.82) is 0 Å². The molecule has 26 heteroatoms. The van der Waals surface area contributed by atoms with Crippen LogP contribution in [0.3, 0.4) is 0 Å². The lowest BCUT2D eigenvalue weighted by atomic mass is 9.99. The molecule has 0 aromatic heterocycles. The molecule has 11 amide bonds. The molecule has 0 spiro atoms. The van der Waals surface area contributed by atoms with Crippen LogP contribution in [0, 0.1) is 23.7 Å². The van der Waals surface area contributed by atoms with Crippen LogP contribution in [0.4, 0.5) is 4.79 Å². The van der Waals surface area contributed by atoms with Crippen LogP contribution >= 0.6 is 11.8 Å². The van der Waals surface area contributed by atoms with Gasteiger partial charge in [0.2, 0.25) is 53.2 Å². The van der Waals surface area contributed by atoms with Gasteiger partial charge in [0.25, 0.3) is 0 Å². The lowest BCUT2D eigenvalue weighted by Gasteiger charge is -2.31. The fraction of sp³-hybridized carbons (Fsp3) is 0.792. The van der Waals surface area contributed by atoms with Gasteiger partial charge in [0.15, 0.2) is 5.96 Å². The van der Waals surface area contributed by atoms with Crippen LogP contribution in [-0.4, -0.2) is 161 Å². The fourth-order valence-corrected chi connectivity index (χ4v) is 11.5. The molecule has 0 saturated carbocycles. The predicted molar refractivity (Wildman–Crippen MR) is 303 cm³/mol. The summed E-state index contributed by atoms with van der Waals surface area (Å²) in [5.74, 6) is -4.82. The number of hydrogen-bond donors (Lipinski definition) is 13. The molecule has 0 unspecified atom stereocenters. The standard InChI is InChI=1S/C53H95N15O10S/c1-28(2)24-33(54)46(72)66-42(31(7)8)50(76)62-35(17-14-22-59-52(56)57)51(77)68-23-15-18-39(68)49(75)64-36(25-29(3)4)47(73)60-32(9)45(71)63-37(26-30(5)6)48(74)61-34(44(55)70)16-12-13-21-58-41(69)20-11-10-19-40-43-38(27-79-40)65-53(78)67-43/h28-40,42-43H,10-27,54H2,1-9H3,(H2,55,70)(H,58,69)(H,60,73)(H,61,74)(H,62,76)(H,63,71)(H,64,75)(H,66,72)(H4,56,57,59)(H2,65,67,78)/t32-,33-,34-,35-,36-,37-,38-,39-,40-,42-,43-/m0/s1. The summed E-state index contributed by atoms with van der Waals surface area (Å²) in [5.41, 5.74) is 22.9. The van der Waals surface area contributed by atoms with E-state index in [0.29, 0.717) is 43.9 Å². The summed E-state index contributed by atoms with van der Waals surface area (Å²) in [7, 11) is 0. The first-order valence-corrected chi connectivity index (χ1v) is 29.4. The predicted octanol–water partition coefficient (Wildman–Crippen LogP) is -0.421. The molecule has 3 rings (SSSR count). The summed E-state index contributed by atoms with van der Waals surface area (Å²) in [5, 5.41) is 25.5. The van der Waals surface area contributed by atoms with Crippen LogP contribution in [0.15, 0.2) is 4.99 Å². The van der Waals surface area contributed by atoms with Crippen molar-refractivity contribution in [3.05, 3.63) is 0 Å². The largest absolute Gasteiger partial charge is 0.370 e. The minimum atomic E-state index is -1.19. The summed E-state index contributed by atoms with van der Waals surface area (Å²) >= 11 is 1.84. The van der Waals surface area contributed by atoms with E-state index in [0.717, 1.165) is 25.0 Å². The summed E-state index contributed by atoms with van der Waals surface area (Å²) in [6, 6.07) is -8.34. The number of guanidine groups is 1. The van der Waals surface area contributed by atoms with Crippen LogP contribution in [-0.2, 0) is 43.2 Å². The van der Waals surface area contributed by atoms with Crippen molar-refractivity contribution in [3.8, 4) is 0 Å². The van der Waals surface area contributed by atoms with Crippen LogP contribution in [0.2, 0.25) is 0 Å². The summed E-state index contributed by atoms with van der Waals surface area (Å²) in [6.45, 7) is 16.9. The van der Waals surface area contributed by atoms with E-state index in [2.05, 4.69) is 52.8 Å². The topological polar surface area (TPSA) is 399 Å². The van der Waals surface area contributed by atoms with Crippen molar-refractivity contribution in [2.45, 2.75) is 218 Å². The molecule has 0 radical (unpaired) electrons. The average Bonchev–Trinajstić information content (AvgIpc) is 4.14. The van der Waals surface area contributed by atoms with Gasteiger partial charge >= 0.3 is 6.03 Å². The Kier molecular flexibility index (Phi) is 28.7. The number of nitrogens with zero attached hydrogens (tertiary/aromatic N) is 2. The summed E-state index contributed by atoms with van der Waals surface area (Å²) < 4.78 is 0. The van der Waals surface area contributed by atoms with Gasteiger partial charge in [-0.05, 0) is 108 Å². The number of hydrogen-bond acceptors (Lipinski definition) is 13. The number of primary amides is 1. The molecule has 3 fully saturated rings. The number of unbranched alkanes of at least 4 members (excludes halogenated alkanes) is 2. The van der Waals surface area contributed by atoms with E-state index in [1.54, 1.807) is 13.8 Å². The van der Waals surface area contributed by atoms with E-state index in [9.17, 15) is 47.9 Å². The van der Waals surface area contributed by atoms with Crippen LogP contribution in [0.1, 0.15) is 152 Å². The number of fused-ring (bicyclic) bond motifs is 1. The van der Waals surface area contributed by atoms with Gasteiger partial charge in [-0.1, -0.05) is 61.8 Å². The van der Waals surface area contributed by atoms with Crippen LogP contribution in [0.5, 0.6) is 0 Å². The zero-order valence-electron chi connectivity index (χ0n) is 48.1. The summed E-state index contributed by atoms with van der Waals surface area (Å²) in [6.07, 6.45) is 5.89. The third-order valence-electron chi connectivity index (χ3n) is 14.1. The molecule has 448 valence electrons. The third kappa shape index (κ3) is 23.4. The molecule has 0 aromatic carbocycles. The van der Waals surface area contributed by atoms with Crippen molar-refractivity contribution in [3.63, 3.8) is 0 Å². The minimum absolute atomic E-state index is 0.0785. The molecule has 0 aliphatic carbocycles. The Balaban J connectivity index is 1.59. The quantitative estimate of drug-likeness (QED) is 0.0166. The number of carbonyl (C=O) groups is 10. The van der Waals surface area contributed by atoms with E-state index >= 15 is 0 Å². The van der Waals surface area contributed by atoms with Gasteiger partial charge in [-0.15, -0.1) is 0 Å². The highest BCUT2D eigenvalue weighted by atomic mass is 32.2. The molecule has 0 aromatic rings. The van der Waals surface area contributed by atoms with Gasteiger partial charge in [0, 0.05) is 37.1 Å². The molecule has 11 atom stereocenters. The highest BCUT2D eigenvalue weighted by Gasteiger charge is 2.43. The Labute approximate surface area is 470 Å². The van der Waals surface area contributed by atoms with Gasteiger partial charge in [-0.25, -0.2) is 4.79 Å². The van der Waals surface area contributed by atoms with Crippen molar-refractivity contribution in [1.82, 2.24) is 52.8 Å². The number of amides is 11. The van der Waals surface area contributed by atoms with Gasteiger partial charge in [0.05, 0.1) is 18.1 Å². The number of rotatable bonds is 35. The number of likely N-dealkylation sites (tertiary alicyclic amines) is 1. The molecule has 3 saturated heterocycles. The Morgan fingerprint density at radius 3 is 1.90 bits per heavy atom. The van der Waals surface area contributed by atoms with E-state index in [-0.39, 0.29) is 105 Å². The number of thioether (sulfide) groups is 1. The Hall–Kier alpha value is -5.92. The Bertz CT molecular complexity index is 2110. The molecule has 3 heterocycles. The second-order valence-corrected chi connectivity index (χ2v) is 24.2. The SMILES string of the molecule is CC(C)C[C@H](NC(=O)[C@H](C)NC(=O)[C@H](CC(C)C)NC(=O)[C@@H]1CCCN1C(=O)[C@H](CCCN=C(N)N)NC(=O)[C@@H](NC(=O)[C@@H](N)CC(C)C)C(C)C)C(=O)N[C@@H](CCCCNC(=O)CCCC[C@@H]1SC[C@@H]2NC(=O)N[C@@H]21)C(N)=O. The molecule has 0 bridgehead atoms. The average molecular weight is 1130 g/mol. The van der Waals surface area contributed by atoms with Crippen molar-refractivity contribution >= 4 is 76.9 Å². The number of nitrogens with one attached hydrogen (secondary N) is 9. The van der Waals surface area contributed by atoms with Crippen LogP contribution in [0.25, 0.3) is 0 Å². The van der Waals surface area contributed by atoms with Crippen molar-refractivity contribution in [2.75, 3.05) is 25.4 Å². The monoisotopic (exact) mass is 1130 g/mol. The molecule has 79 heavy (non-hydrogen) atoms. The second kappa shape index (κ2) is 33.6. The van der Waals surface area contributed by atoms with E-state index in [1.807, 2.05) is 53.3 Å². The van der Waals surface area contributed by atoms with Gasteiger partial charge in [0.1, 0.15) is 42.3 Å². The first-order chi connectivity index (χ1) is 37.2. The Morgan fingerprint density at radius 2 is 1.28 bits per heavy atom. The number of carbonyl (C=O) groups excluding carboxylic acids is 10. The van der Waals surface area contributed by atoms with Gasteiger partial charge in [-0.3, -0.25) is 48.1 Å². The highest BCUT2D eigenvalue weighted by molar-refractivity contribution is 8.00. The maximum absolute atomic E-state index is 14.4. The first kappa shape index (κ1) is 67.4. The smallest absolute Gasteiger partial charge is 0.315 e. The van der Waals surface area contributed by atoms with Gasteiger partial charge in [-0.2, -0.15) is 11.8 Å². The molecule has 3 aliphatic heterocycles. The molecular formula is C53H95N15O10S. The Morgan fingerprint density at radius 1 is 0.671 bits per heavy atom. The molecular weight excluding hydrogens is 1040 g/mol. The molecule has 3 aliphatic rings. The third-order valence-corrected chi connectivity index (χ3v) is 15.6. The normalized spacial score (nSPS) is 20.4. The van der Waals surface area contributed by atoms with Gasteiger partial charge < -0.3 is 75.7 Å². The van der Waals surface area contributed by atoms with E-state index in [1.165, 1.54) is 11.8 Å². The first-order valence-electron chi connectivity index (χ1n) is 28.4.